The van der Waals surface area contributed by atoms with Crippen molar-refractivity contribution in [3.05, 3.63) is 42.4 Å². The van der Waals surface area contributed by atoms with Gasteiger partial charge < -0.3 is 30.2 Å². The normalized spacial score (nSPS) is 15.0. The molecule has 0 saturated carbocycles. The molecule has 0 unspecified atom stereocenters. The van der Waals surface area contributed by atoms with E-state index < -0.39 is 29.6 Å². The highest BCUT2D eigenvalue weighted by Crippen LogP contribution is 2.35. The summed E-state index contributed by atoms with van der Waals surface area (Å²) in [5.41, 5.74) is 5.50. The van der Waals surface area contributed by atoms with Crippen molar-refractivity contribution in [1.82, 2.24) is 19.3 Å². The summed E-state index contributed by atoms with van der Waals surface area (Å²) in [4.78, 5) is 32.4. The van der Waals surface area contributed by atoms with E-state index in [0.29, 0.717) is 37.1 Å². The molecule has 0 aliphatic carbocycles. The quantitative estimate of drug-likeness (QED) is 0.513. The molecule has 4 heterocycles. The van der Waals surface area contributed by atoms with Gasteiger partial charge in [-0.25, -0.2) is 14.8 Å². The number of hydrogen-bond acceptors (Lipinski definition) is 6. The van der Waals surface area contributed by atoms with Gasteiger partial charge in [0.15, 0.2) is 5.82 Å². The zero-order chi connectivity index (χ0) is 24.5. The molecule has 34 heavy (non-hydrogen) atoms. The van der Waals surface area contributed by atoms with Gasteiger partial charge in [0.1, 0.15) is 18.1 Å². The molecule has 1 aliphatic heterocycles. The third-order valence-electron chi connectivity index (χ3n) is 5.44. The van der Waals surface area contributed by atoms with Gasteiger partial charge >= 0.3 is 12.3 Å². The molecule has 4 N–H and O–H groups in total. The van der Waals surface area contributed by atoms with Crippen molar-refractivity contribution in [2.45, 2.75) is 25.1 Å². The van der Waals surface area contributed by atoms with E-state index in [9.17, 15) is 22.8 Å². The first-order chi connectivity index (χ1) is 16.1. The van der Waals surface area contributed by atoms with Crippen LogP contribution in [0.5, 0.6) is 0 Å². The van der Waals surface area contributed by atoms with Crippen LogP contribution in [0.4, 0.5) is 29.6 Å². The van der Waals surface area contributed by atoms with Gasteiger partial charge in [0, 0.05) is 36.6 Å². The molecule has 1 saturated heterocycles. The average Bonchev–Trinajstić information content (AvgIpc) is 3.18. The highest BCUT2D eigenvalue weighted by molar-refractivity contribution is 5.91. The Morgan fingerprint density at radius 3 is 2.62 bits per heavy atom. The number of piperidine rings is 1. The lowest BCUT2D eigenvalue weighted by atomic mass is 10.1. The maximum atomic E-state index is 13.1. The molecule has 0 atom stereocenters. The summed E-state index contributed by atoms with van der Waals surface area (Å²) in [6.07, 6.45) is -0.447. The number of hydrogen-bond donors (Lipinski definition) is 3. The van der Waals surface area contributed by atoms with E-state index in [1.165, 1.54) is 17.3 Å². The SMILES string of the molecule is Nc1ncc(-c2ccc3nc(NC(=O)COC4CCN(C(=O)O)CC4)cn3c2)cc1C(F)(F)F. The predicted octanol–water partition coefficient (Wildman–Crippen LogP) is 3.09. The number of rotatable bonds is 5. The molecular weight excluding hydrogens is 457 g/mol. The van der Waals surface area contributed by atoms with Crippen molar-refractivity contribution < 1.29 is 32.6 Å². The van der Waals surface area contributed by atoms with E-state index in [1.54, 1.807) is 22.7 Å². The van der Waals surface area contributed by atoms with Gasteiger partial charge in [0.2, 0.25) is 0 Å². The molecule has 3 aromatic rings. The van der Waals surface area contributed by atoms with Crippen LogP contribution in [0.25, 0.3) is 16.8 Å². The smallest absolute Gasteiger partial charge is 0.419 e. The van der Waals surface area contributed by atoms with Gasteiger partial charge in [-0.05, 0) is 31.0 Å². The number of pyridine rings is 2. The number of nitrogens with zero attached hydrogens (tertiary/aromatic N) is 4. The van der Waals surface area contributed by atoms with Gasteiger partial charge in [0.25, 0.3) is 5.91 Å². The number of imidazole rings is 1. The lowest BCUT2D eigenvalue weighted by molar-refractivity contribution is -0.137. The second-order valence-corrected chi connectivity index (χ2v) is 7.79. The molecule has 13 heteroatoms. The van der Waals surface area contributed by atoms with Crippen LogP contribution < -0.4 is 11.1 Å². The van der Waals surface area contributed by atoms with Crippen molar-refractivity contribution in [3.8, 4) is 11.1 Å². The van der Waals surface area contributed by atoms with Gasteiger partial charge in [-0.3, -0.25) is 4.79 Å². The topological polar surface area (TPSA) is 135 Å². The summed E-state index contributed by atoms with van der Waals surface area (Å²) in [5.74, 6) is -0.778. The maximum Gasteiger partial charge on any atom is 0.419 e. The van der Waals surface area contributed by atoms with Crippen molar-refractivity contribution >= 4 is 29.3 Å². The minimum absolute atomic E-state index is 0.208. The first kappa shape index (κ1) is 23.3. The minimum atomic E-state index is -4.63. The zero-order valence-corrected chi connectivity index (χ0v) is 17.7. The lowest BCUT2D eigenvalue weighted by Crippen LogP contribution is -2.40. The molecule has 0 spiro atoms. The largest absolute Gasteiger partial charge is 0.465 e. The fraction of sp³-hybridized carbons (Fsp3) is 0.333. The number of nitrogen functional groups attached to an aromatic ring is 1. The number of carbonyl (C=O) groups is 2. The molecule has 0 aromatic carbocycles. The van der Waals surface area contributed by atoms with Crippen LogP contribution in [0.3, 0.4) is 0 Å². The summed E-state index contributed by atoms with van der Waals surface area (Å²) in [7, 11) is 0. The number of aromatic nitrogens is 3. The first-order valence-corrected chi connectivity index (χ1v) is 10.3. The van der Waals surface area contributed by atoms with Gasteiger partial charge in [0.05, 0.1) is 17.9 Å². The van der Waals surface area contributed by atoms with Crippen molar-refractivity contribution in [3.63, 3.8) is 0 Å². The predicted molar refractivity (Wildman–Crippen MR) is 115 cm³/mol. The number of halogens is 3. The van der Waals surface area contributed by atoms with Crippen LogP contribution in [-0.2, 0) is 15.7 Å². The highest BCUT2D eigenvalue weighted by Gasteiger charge is 2.34. The lowest BCUT2D eigenvalue weighted by Gasteiger charge is -2.29. The summed E-state index contributed by atoms with van der Waals surface area (Å²) < 4.78 is 46.6. The Balaban J connectivity index is 1.40. The number of likely N-dealkylation sites (tertiary alicyclic amines) is 1. The summed E-state index contributed by atoms with van der Waals surface area (Å²) in [5, 5.41) is 11.6. The van der Waals surface area contributed by atoms with E-state index in [2.05, 4.69) is 15.3 Å². The van der Waals surface area contributed by atoms with E-state index in [4.69, 9.17) is 15.6 Å². The van der Waals surface area contributed by atoms with Gasteiger partial charge in [-0.15, -0.1) is 0 Å². The van der Waals surface area contributed by atoms with Crippen molar-refractivity contribution in [2.75, 3.05) is 30.7 Å². The van der Waals surface area contributed by atoms with Crippen LogP contribution >= 0.6 is 0 Å². The molecule has 2 amide bonds. The fourth-order valence-electron chi connectivity index (χ4n) is 3.67. The van der Waals surface area contributed by atoms with E-state index in [-0.39, 0.29) is 24.1 Å². The van der Waals surface area contributed by atoms with Crippen LogP contribution in [-0.4, -0.2) is 62.2 Å². The first-order valence-electron chi connectivity index (χ1n) is 10.3. The van der Waals surface area contributed by atoms with E-state index in [1.807, 2.05) is 0 Å². The van der Waals surface area contributed by atoms with Crippen molar-refractivity contribution in [2.24, 2.45) is 0 Å². The number of alkyl halides is 3. The van der Waals surface area contributed by atoms with Crippen LogP contribution in [0.15, 0.2) is 36.8 Å². The molecule has 1 fully saturated rings. The number of carbonyl (C=O) groups excluding carboxylic acids is 1. The monoisotopic (exact) mass is 478 g/mol. The Hall–Kier alpha value is -3.87. The standard InChI is InChI=1S/C21H21F3N6O4/c22-21(23,24)15-7-13(8-26-19(15)25)12-1-2-17-27-16(10-30(17)9-12)28-18(31)11-34-14-3-5-29(6-4-14)20(32)33/h1-2,7-10,14H,3-6,11H2,(H2,25,26)(H,28,31)(H,32,33). The highest BCUT2D eigenvalue weighted by atomic mass is 19.4. The molecule has 1 aliphatic rings. The van der Waals surface area contributed by atoms with Crippen molar-refractivity contribution in [1.29, 1.82) is 0 Å². The number of ether oxygens (including phenoxy) is 1. The molecular formula is C21H21F3N6O4. The minimum Gasteiger partial charge on any atom is -0.465 e. The maximum absolute atomic E-state index is 13.1. The Morgan fingerprint density at radius 2 is 1.94 bits per heavy atom. The number of nitrogens with one attached hydrogen (secondary N) is 1. The molecule has 0 bridgehead atoms. The second kappa shape index (κ2) is 9.17. The Bertz CT molecular complexity index is 1220. The third-order valence-corrected chi connectivity index (χ3v) is 5.44. The zero-order valence-electron chi connectivity index (χ0n) is 17.7. The molecule has 4 rings (SSSR count). The number of anilines is 2. The molecule has 10 nitrogen and oxygen atoms in total. The molecule has 180 valence electrons. The van der Waals surface area contributed by atoms with Crippen LogP contribution in [0.2, 0.25) is 0 Å². The Kier molecular flexibility index (Phi) is 6.28. The average molecular weight is 478 g/mol. The van der Waals surface area contributed by atoms with E-state index >= 15 is 0 Å². The molecule has 3 aromatic heterocycles. The number of carboxylic acid groups (broad SMARTS) is 1. The second-order valence-electron chi connectivity index (χ2n) is 7.79. The Labute approximate surface area is 191 Å². The summed E-state index contributed by atoms with van der Waals surface area (Å²) in [6.45, 7) is 0.489. The van der Waals surface area contributed by atoms with E-state index in [0.717, 1.165) is 6.07 Å². The van der Waals surface area contributed by atoms with Crippen LogP contribution in [0, 0.1) is 0 Å². The fourth-order valence-corrected chi connectivity index (χ4v) is 3.67. The Morgan fingerprint density at radius 1 is 1.21 bits per heavy atom. The van der Waals surface area contributed by atoms with Crippen LogP contribution in [0.1, 0.15) is 18.4 Å². The number of nitrogens with two attached hydrogens (primary N) is 1. The number of fused-ring (bicyclic) bond motifs is 1. The van der Waals surface area contributed by atoms with Gasteiger partial charge in [-0.1, -0.05) is 0 Å². The summed E-state index contributed by atoms with van der Waals surface area (Å²) >= 11 is 0. The summed E-state index contributed by atoms with van der Waals surface area (Å²) in [6, 6.07) is 4.12. The van der Waals surface area contributed by atoms with Gasteiger partial charge in [-0.2, -0.15) is 13.2 Å². The molecule has 0 radical (unpaired) electrons. The third kappa shape index (κ3) is 5.20. The number of amides is 2.